The highest BCUT2D eigenvalue weighted by Crippen LogP contribution is 2.47. The maximum Gasteiger partial charge on any atom is 0.434 e. The van der Waals surface area contributed by atoms with E-state index in [-0.39, 0.29) is 45.7 Å². The van der Waals surface area contributed by atoms with Crippen molar-refractivity contribution in [2.75, 3.05) is 6.61 Å². The number of aromatic nitrogens is 2. The number of carbonyl (C=O) groups is 1. The van der Waals surface area contributed by atoms with Gasteiger partial charge in [0.1, 0.15) is 28.1 Å². The van der Waals surface area contributed by atoms with Crippen molar-refractivity contribution in [3.8, 4) is 5.75 Å². The lowest BCUT2D eigenvalue weighted by Crippen LogP contribution is -2.37. The molecule has 10 nitrogen and oxygen atoms in total. The number of hydrogen-bond acceptors (Lipinski definition) is 8. The number of sulfonamides is 1. The number of carbonyl (C=O) groups excluding carboxylic acids is 1. The molecule has 3 atom stereocenters. The fraction of sp³-hybridized carbons (Fsp3) is 0.375. The summed E-state index contributed by atoms with van der Waals surface area (Å²) in [6, 6.07) is 4.07. The monoisotopic (exact) mass is 631 g/mol. The molecule has 0 fully saturated rings. The van der Waals surface area contributed by atoms with Gasteiger partial charge in [-0.15, -0.1) is 5.10 Å². The van der Waals surface area contributed by atoms with Crippen molar-refractivity contribution >= 4 is 43.5 Å². The number of nitrogens with zero attached hydrogens (tertiary/aromatic N) is 1. The molecule has 1 unspecified atom stereocenters. The molecule has 3 aromatic rings. The standard InChI is InChI=1S/C24H24BrClFN3O7S/c1-11-14(25)5-7-16(27)18(11)12(2)20(22-28-29-23(32)36-22)30-38(33,34)17-8-6-15(26)19-21(17)35-10-9-24(19,4)37-13(3)31/h5-8,12,20,30H,9-10H2,1-4H3,(H,29,32)/t12-,20+,24?/m1/s1. The average molecular weight is 633 g/mol. The molecule has 0 aliphatic carbocycles. The Morgan fingerprint density at radius 1 is 1.34 bits per heavy atom. The van der Waals surface area contributed by atoms with Gasteiger partial charge in [-0.3, -0.25) is 4.79 Å². The van der Waals surface area contributed by atoms with Crippen LogP contribution < -0.4 is 15.2 Å². The number of rotatable bonds is 7. The van der Waals surface area contributed by atoms with Crippen LogP contribution in [0.1, 0.15) is 61.7 Å². The van der Waals surface area contributed by atoms with Crippen LogP contribution in [0.15, 0.2) is 42.8 Å². The van der Waals surface area contributed by atoms with Gasteiger partial charge in [-0.1, -0.05) is 34.5 Å². The zero-order valence-electron chi connectivity index (χ0n) is 20.7. The van der Waals surface area contributed by atoms with Crippen molar-refractivity contribution in [1.82, 2.24) is 14.9 Å². The van der Waals surface area contributed by atoms with E-state index < -0.39 is 45.1 Å². The lowest BCUT2D eigenvalue weighted by molar-refractivity contribution is -0.159. The van der Waals surface area contributed by atoms with E-state index in [9.17, 15) is 22.4 Å². The molecule has 204 valence electrons. The largest absolute Gasteiger partial charge is 0.491 e. The fourth-order valence-corrected chi connectivity index (χ4v) is 6.76. The normalized spacial score (nSPS) is 18.8. The number of hydrogen-bond donors (Lipinski definition) is 2. The van der Waals surface area contributed by atoms with Crippen LogP contribution in [-0.4, -0.2) is 31.2 Å². The summed E-state index contributed by atoms with van der Waals surface area (Å²) in [5.41, 5.74) is -0.313. The minimum Gasteiger partial charge on any atom is -0.491 e. The molecule has 1 aromatic heterocycles. The highest BCUT2D eigenvalue weighted by molar-refractivity contribution is 9.10. The van der Waals surface area contributed by atoms with E-state index in [0.717, 1.165) is 0 Å². The SMILES string of the molecule is CC(=O)OC1(C)CCOc2c(S(=O)(=O)N[C@H](c3n[nH]c(=O)o3)[C@H](C)c3c(F)ccc(Br)c3C)ccc(Cl)c21. The molecule has 1 aliphatic heterocycles. The lowest BCUT2D eigenvalue weighted by Gasteiger charge is -2.36. The quantitative estimate of drug-likeness (QED) is 0.360. The fourth-order valence-electron chi connectivity index (χ4n) is 4.65. The highest BCUT2D eigenvalue weighted by atomic mass is 79.9. The molecule has 0 spiro atoms. The second-order valence-electron chi connectivity index (χ2n) is 9.08. The van der Waals surface area contributed by atoms with Gasteiger partial charge >= 0.3 is 11.7 Å². The molecule has 0 bridgehead atoms. The Kier molecular flexibility index (Phi) is 7.77. The predicted molar refractivity (Wildman–Crippen MR) is 138 cm³/mol. The van der Waals surface area contributed by atoms with E-state index >= 15 is 0 Å². The zero-order valence-corrected chi connectivity index (χ0v) is 23.9. The number of esters is 1. The molecule has 0 saturated carbocycles. The summed E-state index contributed by atoms with van der Waals surface area (Å²) in [5.74, 6) is -3.32. The Hall–Kier alpha value is -2.74. The number of ether oxygens (including phenoxy) is 2. The Morgan fingerprint density at radius 3 is 2.68 bits per heavy atom. The summed E-state index contributed by atoms with van der Waals surface area (Å²) < 4.78 is 62.0. The zero-order chi connectivity index (χ0) is 28.0. The first-order valence-electron chi connectivity index (χ1n) is 11.4. The number of halogens is 3. The summed E-state index contributed by atoms with van der Waals surface area (Å²) in [5, 5.41) is 6.06. The van der Waals surface area contributed by atoms with Crippen LogP contribution in [0.4, 0.5) is 4.39 Å². The first-order valence-corrected chi connectivity index (χ1v) is 14.1. The summed E-state index contributed by atoms with van der Waals surface area (Å²) in [4.78, 5) is 23.2. The second kappa shape index (κ2) is 10.4. The number of H-pyrrole nitrogens is 1. The molecule has 0 amide bonds. The van der Waals surface area contributed by atoms with Crippen LogP contribution in [-0.2, 0) is 25.2 Å². The summed E-state index contributed by atoms with van der Waals surface area (Å²) in [7, 11) is -4.45. The predicted octanol–water partition coefficient (Wildman–Crippen LogP) is 4.61. The van der Waals surface area contributed by atoms with Gasteiger partial charge in [-0.2, -0.15) is 4.72 Å². The average Bonchev–Trinajstić information content (AvgIpc) is 3.25. The van der Waals surface area contributed by atoms with Gasteiger partial charge in [0.25, 0.3) is 0 Å². The van der Waals surface area contributed by atoms with Crippen molar-refractivity contribution < 1.29 is 31.5 Å². The number of nitrogens with one attached hydrogen (secondary N) is 2. The Labute approximate surface area is 231 Å². The first kappa shape index (κ1) is 28.3. The van der Waals surface area contributed by atoms with Crippen molar-refractivity contribution in [2.45, 2.75) is 56.6 Å². The van der Waals surface area contributed by atoms with Gasteiger partial charge in [0.05, 0.1) is 17.2 Å². The second-order valence-corrected chi connectivity index (χ2v) is 12.0. The summed E-state index contributed by atoms with van der Waals surface area (Å²) >= 11 is 9.79. The van der Waals surface area contributed by atoms with Gasteiger partial charge in [-0.05, 0) is 49.2 Å². The maximum atomic E-state index is 15.0. The number of benzene rings is 2. The van der Waals surface area contributed by atoms with Crippen LogP contribution in [0.3, 0.4) is 0 Å². The van der Waals surface area contributed by atoms with Crippen LogP contribution in [0.5, 0.6) is 5.75 Å². The third-order valence-corrected chi connectivity index (χ3v) is 9.08. The van der Waals surface area contributed by atoms with E-state index in [4.69, 9.17) is 25.5 Å². The molecular formula is C24H24BrClFN3O7S. The third-order valence-electron chi connectivity index (χ3n) is 6.44. The Balaban J connectivity index is 1.84. The minimum absolute atomic E-state index is 0.0517. The Bertz CT molecular complexity index is 1580. The molecule has 2 heterocycles. The molecule has 38 heavy (non-hydrogen) atoms. The van der Waals surface area contributed by atoms with E-state index in [1.54, 1.807) is 20.8 Å². The lowest BCUT2D eigenvalue weighted by atomic mass is 9.89. The summed E-state index contributed by atoms with van der Waals surface area (Å²) in [6.45, 7) is 6.16. The van der Waals surface area contributed by atoms with Crippen LogP contribution in [0.2, 0.25) is 5.02 Å². The molecule has 0 radical (unpaired) electrons. The van der Waals surface area contributed by atoms with Gasteiger partial charge in [0.15, 0.2) is 0 Å². The van der Waals surface area contributed by atoms with Gasteiger partial charge in [0, 0.05) is 23.7 Å². The van der Waals surface area contributed by atoms with Gasteiger partial charge in [-0.25, -0.2) is 22.7 Å². The third kappa shape index (κ3) is 5.24. The van der Waals surface area contributed by atoms with Crippen LogP contribution in [0.25, 0.3) is 0 Å². The molecule has 2 aromatic carbocycles. The molecule has 14 heteroatoms. The molecule has 0 saturated heterocycles. The smallest absolute Gasteiger partial charge is 0.434 e. The summed E-state index contributed by atoms with van der Waals surface area (Å²) in [6.07, 6.45) is 0.246. The van der Waals surface area contributed by atoms with E-state index in [1.807, 2.05) is 0 Å². The molecule has 2 N–H and O–H groups in total. The number of aromatic amines is 1. The van der Waals surface area contributed by atoms with Crippen molar-refractivity contribution in [1.29, 1.82) is 0 Å². The van der Waals surface area contributed by atoms with Crippen LogP contribution in [0, 0.1) is 12.7 Å². The van der Waals surface area contributed by atoms with E-state index in [2.05, 4.69) is 30.8 Å². The minimum atomic E-state index is -4.45. The number of fused-ring (bicyclic) bond motifs is 1. The Morgan fingerprint density at radius 2 is 2.05 bits per heavy atom. The molecule has 4 rings (SSSR count). The van der Waals surface area contributed by atoms with Gasteiger partial charge in [0.2, 0.25) is 15.9 Å². The molecular weight excluding hydrogens is 609 g/mol. The van der Waals surface area contributed by atoms with E-state index in [0.29, 0.717) is 10.0 Å². The highest BCUT2D eigenvalue weighted by Gasteiger charge is 2.42. The first-order chi connectivity index (χ1) is 17.7. The van der Waals surface area contributed by atoms with E-state index in [1.165, 1.54) is 31.2 Å². The van der Waals surface area contributed by atoms with Crippen molar-refractivity contribution in [2.24, 2.45) is 0 Å². The maximum absolute atomic E-state index is 15.0. The molecule has 1 aliphatic rings. The van der Waals surface area contributed by atoms with Crippen molar-refractivity contribution in [3.05, 3.63) is 72.7 Å². The topological polar surface area (TPSA) is 141 Å². The van der Waals surface area contributed by atoms with Crippen LogP contribution >= 0.6 is 27.5 Å². The van der Waals surface area contributed by atoms with Gasteiger partial charge < -0.3 is 13.9 Å². The van der Waals surface area contributed by atoms with Crippen molar-refractivity contribution in [3.63, 3.8) is 0 Å².